The molecule has 1 atom stereocenters. The van der Waals surface area contributed by atoms with Crippen LogP contribution in [-0.2, 0) is 11.2 Å². The largest absolute Gasteiger partial charge is 0.341 e. The van der Waals surface area contributed by atoms with E-state index in [4.69, 9.17) is 17.3 Å². The Morgan fingerprint density at radius 2 is 2.28 bits per heavy atom. The van der Waals surface area contributed by atoms with Crippen LogP contribution in [-0.4, -0.2) is 29.9 Å². The fourth-order valence-corrected chi connectivity index (χ4v) is 2.40. The highest BCUT2D eigenvalue weighted by Crippen LogP contribution is 2.23. The van der Waals surface area contributed by atoms with Crippen molar-refractivity contribution in [2.24, 2.45) is 5.73 Å². The summed E-state index contributed by atoms with van der Waals surface area (Å²) in [4.78, 5) is 13.8. The highest BCUT2D eigenvalue weighted by molar-refractivity contribution is 9.10. The molecule has 1 aromatic rings. The van der Waals surface area contributed by atoms with Crippen LogP contribution in [0.1, 0.15) is 12.0 Å². The molecule has 6 heteroatoms. The standard InChI is InChI=1S/C12H14BrClN2O.ClH/c13-10-2-1-8(5-11(10)14)6-12(17)16-4-3-9(15)7-16;/h1-2,5,9H,3-4,6-7,15H2;1H. The van der Waals surface area contributed by atoms with Crippen molar-refractivity contribution < 1.29 is 4.79 Å². The lowest BCUT2D eigenvalue weighted by Crippen LogP contribution is -2.32. The van der Waals surface area contributed by atoms with Crippen LogP contribution in [0, 0.1) is 0 Å². The summed E-state index contributed by atoms with van der Waals surface area (Å²) in [5.74, 6) is 0.122. The first-order valence-corrected chi connectivity index (χ1v) is 6.70. The molecule has 1 unspecified atom stereocenters. The molecule has 1 saturated heterocycles. The predicted octanol–water partition coefficient (Wildman–Crippen LogP) is 2.63. The molecular formula is C12H15BrCl2N2O. The minimum atomic E-state index is 0. The highest BCUT2D eigenvalue weighted by atomic mass is 79.9. The van der Waals surface area contributed by atoms with Gasteiger partial charge in [-0.15, -0.1) is 12.4 Å². The van der Waals surface area contributed by atoms with Crippen LogP contribution < -0.4 is 5.73 Å². The van der Waals surface area contributed by atoms with Gasteiger partial charge < -0.3 is 10.6 Å². The second-order valence-corrected chi connectivity index (χ2v) is 5.58. The van der Waals surface area contributed by atoms with Crippen LogP contribution >= 0.6 is 39.9 Å². The van der Waals surface area contributed by atoms with Gasteiger partial charge in [-0.05, 0) is 40.0 Å². The highest BCUT2D eigenvalue weighted by Gasteiger charge is 2.23. The summed E-state index contributed by atoms with van der Waals surface area (Å²) in [5, 5.41) is 0.633. The summed E-state index contributed by atoms with van der Waals surface area (Å²) in [6, 6.07) is 5.72. The van der Waals surface area contributed by atoms with Gasteiger partial charge in [-0.1, -0.05) is 17.7 Å². The number of rotatable bonds is 2. The maximum Gasteiger partial charge on any atom is 0.227 e. The molecule has 0 aromatic heterocycles. The van der Waals surface area contributed by atoms with Crippen LogP contribution in [0.2, 0.25) is 5.02 Å². The first-order chi connectivity index (χ1) is 8.06. The van der Waals surface area contributed by atoms with Gasteiger partial charge in [0.1, 0.15) is 0 Å². The Balaban J connectivity index is 0.00000162. The van der Waals surface area contributed by atoms with Crippen LogP contribution in [0.3, 0.4) is 0 Å². The number of carbonyl (C=O) groups is 1. The van der Waals surface area contributed by atoms with Crippen LogP contribution in [0.15, 0.2) is 22.7 Å². The van der Waals surface area contributed by atoms with Crippen molar-refractivity contribution in [3.05, 3.63) is 33.3 Å². The molecule has 0 bridgehead atoms. The predicted molar refractivity (Wildman–Crippen MR) is 79.3 cm³/mol. The number of nitrogens with zero attached hydrogens (tertiary/aromatic N) is 1. The summed E-state index contributed by atoms with van der Waals surface area (Å²) in [6.07, 6.45) is 1.28. The number of halogens is 3. The van der Waals surface area contributed by atoms with Crippen molar-refractivity contribution in [1.29, 1.82) is 0 Å². The van der Waals surface area contributed by atoms with Crippen LogP contribution in [0.5, 0.6) is 0 Å². The van der Waals surface area contributed by atoms with Crippen molar-refractivity contribution in [1.82, 2.24) is 4.90 Å². The van der Waals surface area contributed by atoms with Gasteiger partial charge in [0.25, 0.3) is 0 Å². The topological polar surface area (TPSA) is 46.3 Å². The van der Waals surface area contributed by atoms with Crippen molar-refractivity contribution in [3.8, 4) is 0 Å². The zero-order valence-electron chi connectivity index (χ0n) is 9.73. The molecule has 0 radical (unpaired) electrons. The van der Waals surface area contributed by atoms with Crippen molar-refractivity contribution in [2.45, 2.75) is 18.9 Å². The lowest BCUT2D eigenvalue weighted by molar-refractivity contribution is -0.129. The average Bonchev–Trinajstić information content (AvgIpc) is 2.70. The molecule has 0 saturated carbocycles. The number of carbonyl (C=O) groups excluding carboxylic acids is 1. The molecule has 2 rings (SSSR count). The van der Waals surface area contributed by atoms with Gasteiger partial charge in [-0.25, -0.2) is 0 Å². The molecule has 1 fully saturated rings. The normalized spacial score (nSPS) is 18.6. The van der Waals surface area contributed by atoms with Crippen LogP contribution in [0.4, 0.5) is 0 Å². The molecule has 1 heterocycles. The van der Waals surface area contributed by atoms with Crippen molar-refractivity contribution in [3.63, 3.8) is 0 Å². The zero-order chi connectivity index (χ0) is 12.4. The third-order valence-corrected chi connectivity index (χ3v) is 4.15. The van der Waals surface area contributed by atoms with Crippen molar-refractivity contribution in [2.75, 3.05) is 13.1 Å². The first-order valence-electron chi connectivity index (χ1n) is 5.53. The lowest BCUT2D eigenvalue weighted by Gasteiger charge is -2.15. The number of amides is 1. The van der Waals surface area contributed by atoms with E-state index in [1.54, 1.807) is 0 Å². The van der Waals surface area contributed by atoms with Gasteiger partial charge in [0.2, 0.25) is 5.91 Å². The van der Waals surface area contributed by atoms with E-state index in [0.29, 0.717) is 18.0 Å². The Hall–Kier alpha value is -0.290. The molecule has 1 amide bonds. The van der Waals surface area contributed by atoms with Gasteiger partial charge >= 0.3 is 0 Å². The third kappa shape index (κ3) is 3.85. The van der Waals surface area contributed by atoms with Crippen molar-refractivity contribution >= 4 is 45.8 Å². The number of likely N-dealkylation sites (tertiary alicyclic amines) is 1. The maximum absolute atomic E-state index is 12.0. The van der Waals surface area contributed by atoms with Gasteiger partial charge in [-0.3, -0.25) is 4.79 Å². The summed E-state index contributed by atoms with van der Waals surface area (Å²) < 4.78 is 0.846. The third-order valence-electron chi connectivity index (χ3n) is 2.92. The van der Waals surface area contributed by atoms with E-state index in [0.717, 1.165) is 23.0 Å². The number of nitrogens with two attached hydrogens (primary N) is 1. The lowest BCUT2D eigenvalue weighted by atomic mass is 10.1. The van der Waals surface area contributed by atoms with E-state index in [-0.39, 0.29) is 24.4 Å². The van der Waals surface area contributed by atoms with E-state index in [1.807, 2.05) is 23.1 Å². The molecule has 1 aliphatic heterocycles. The van der Waals surface area contributed by atoms with E-state index >= 15 is 0 Å². The Morgan fingerprint density at radius 1 is 1.56 bits per heavy atom. The Kier molecular flexibility index (Phi) is 5.92. The molecule has 0 aliphatic carbocycles. The summed E-state index contributed by atoms with van der Waals surface area (Å²) in [6.45, 7) is 1.44. The molecule has 1 aromatic carbocycles. The SMILES string of the molecule is Cl.NC1CCN(C(=O)Cc2ccc(Br)c(Cl)c2)C1. The van der Waals surface area contributed by atoms with Gasteiger partial charge in [0.15, 0.2) is 0 Å². The fourth-order valence-electron chi connectivity index (χ4n) is 1.95. The Labute approximate surface area is 126 Å². The second kappa shape index (κ2) is 6.75. The second-order valence-electron chi connectivity index (χ2n) is 4.31. The van der Waals surface area contributed by atoms with E-state index in [9.17, 15) is 4.79 Å². The fraction of sp³-hybridized carbons (Fsp3) is 0.417. The quantitative estimate of drug-likeness (QED) is 0.888. The van der Waals surface area contributed by atoms with E-state index < -0.39 is 0 Å². The molecule has 1 aliphatic rings. The first kappa shape index (κ1) is 15.8. The number of hydrogen-bond donors (Lipinski definition) is 1. The molecule has 2 N–H and O–H groups in total. The summed E-state index contributed by atoms with van der Waals surface area (Å²) in [7, 11) is 0. The Morgan fingerprint density at radius 3 is 2.83 bits per heavy atom. The summed E-state index contributed by atoms with van der Waals surface area (Å²) in [5.41, 5.74) is 6.71. The molecule has 18 heavy (non-hydrogen) atoms. The average molecular weight is 354 g/mol. The molecule has 0 spiro atoms. The smallest absolute Gasteiger partial charge is 0.227 e. The number of hydrogen-bond acceptors (Lipinski definition) is 2. The van der Waals surface area contributed by atoms with E-state index in [1.165, 1.54) is 0 Å². The maximum atomic E-state index is 12.0. The molecular weight excluding hydrogens is 339 g/mol. The monoisotopic (exact) mass is 352 g/mol. The summed E-state index contributed by atoms with van der Waals surface area (Å²) >= 11 is 9.31. The number of benzene rings is 1. The van der Waals surface area contributed by atoms with Gasteiger partial charge in [0.05, 0.1) is 11.4 Å². The van der Waals surface area contributed by atoms with Crippen LogP contribution in [0.25, 0.3) is 0 Å². The molecule has 3 nitrogen and oxygen atoms in total. The zero-order valence-corrected chi connectivity index (χ0v) is 12.9. The Bertz CT molecular complexity index is 442. The minimum Gasteiger partial charge on any atom is -0.341 e. The van der Waals surface area contributed by atoms with E-state index in [2.05, 4.69) is 15.9 Å². The minimum absolute atomic E-state index is 0. The van der Waals surface area contributed by atoms with Gasteiger partial charge in [-0.2, -0.15) is 0 Å². The van der Waals surface area contributed by atoms with Gasteiger partial charge in [0, 0.05) is 23.6 Å². The molecule has 100 valence electrons.